The molecular formula is C33H40N6O2+2. The number of rotatable bonds is 14. The maximum Gasteiger partial charge on any atom is 0.169 e. The Morgan fingerprint density at radius 1 is 0.561 bits per heavy atom. The highest BCUT2D eigenvalue weighted by Gasteiger charge is 2.05. The van der Waals surface area contributed by atoms with Crippen LogP contribution >= 0.6 is 0 Å². The van der Waals surface area contributed by atoms with Crippen molar-refractivity contribution in [2.24, 2.45) is 10.2 Å². The van der Waals surface area contributed by atoms with Gasteiger partial charge in [0.1, 0.15) is 24.6 Å². The highest BCUT2D eigenvalue weighted by atomic mass is 16.5. The van der Waals surface area contributed by atoms with Gasteiger partial charge in [-0.25, -0.2) is 9.13 Å². The molecule has 2 aromatic carbocycles. The highest BCUT2D eigenvalue weighted by molar-refractivity contribution is 5.80. The van der Waals surface area contributed by atoms with E-state index in [4.69, 9.17) is 9.47 Å². The molecule has 8 heteroatoms. The Morgan fingerprint density at radius 2 is 0.927 bits per heavy atom. The fourth-order valence-electron chi connectivity index (χ4n) is 4.21. The average molecular weight is 553 g/mol. The molecule has 212 valence electrons. The third-order valence-corrected chi connectivity index (χ3v) is 6.82. The molecule has 0 bridgehead atoms. The maximum atomic E-state index is 5.22. The lowest BCUT2D eigenvalue weighted by Gasteiger charge is -2.13. The van der Waals surface area contributed by atoms with Crippen LogP contribution in [0.1, 0.15) is 30.4 Å². The van der Waals surface area contributed by atoms with Crippen molar-refractivity contribution >= 4 is 23.8 Å². The zero-order chi connectivity index (χ0) is 28.9. The minimum Gasteiger partial charge on any atom is -0.497 e. The van der Waals surface area contributed by atoms with Crippen LogP contribution in [0.3, 0.4) is 0 Å². The number of unbranched alkanes of at least 4 members (excludes halogenated alkanes) is 2. The molecular weight excluding hydrogens is 512 g/mol. The molecule has 2 aromatic heterocycles. The second-order valence-corrected chi connectivity index (χ2v) is 9.73. The molecule has 0 N–H and O–H groups in total. The largest absolute Gasteiger partial charge is 0.497 e. The van der Waals surface area contributed by atoms with Crippen LogP contribution in [-0.2, 0) is 13.1 Å². The van der Waals surface area contributed by atoms with E-state index in [0.29, 0.717) is 0 Å². The molecule has 41 heavy (non-hydrogen) atoms. The third-order valence-electron chi connectivity index (χ3n) is 6.82. The number of hydrogen-bond donors (Lipinski definition) is 0. The van der Waals surface area contributed by atoms with Gasteiger partial charge in [-0.2, -0.15) is 10.2 Å². The molecule has 0 amide bonds. The van der Waals surface area contributed by atoms with Crippen LogP contribution in [0.2, 0.25) is 0 Å². The van der Waals surface area contributed by atoms with Gasteiger partial charge >= 0.3 is 0 Å². The Bertz CT molecular complexity index is 1280. The van der Waals surface area contributed by atoms with Crippen molar-refractivity contribution in [3.8, 4) is 11.5 Å². The summed E-state index contributed by atoms with van der Waals surface area (Å²) in [6.45, 7) is 2.01. The summed E-state index contributed by atoms with van der Waals surface area (Å²) in [5.41, 5.74) is 4.15. The second kappa shape index (κ2) is 15.2. The van der Waals surface area contributed by atoms with Crippen molar-refractivity contribution in [1.29, 1.82) is 0 Å². The van der Waals surface area contributed by atoms with E-state index < -0.39 is 0 Å². The predicted octanol–water partition coefficient (Wildman–Crippen LogP) is 5.09. The molecule has 2 heterocycles. The molecule has 0 fully saturated rings. The second-order valence-electron chi connectivity index (χ2n) is 9.73. The van der Waals surface area contributed by atoms with E-state index >= 15 is 0 Å². The number of pyridine rings is 2. The molecule has 0 saturated carbocycles. The number of anilines is 2. The number of aryl methyl sites for hydroxylation is 2. The lowest BCUT2D eigenvalue weighted by atomic mass is 10.2. The quantitative estimate of drug-likeness (QED) is 0.0947. The van der Waals surface area contributed by atoms with Gasteiger partial charge in [0.15, 0.2) is 24.8 Å². The predicted molar refractivity (Wildman–Crippen MR) is 165 cm³/mol. The van der Waals surface area contributed by atoms with Gasteiger partial charge in [0, 0.05) is 62.3 Å². The Kier molecular flexibility index (Phi) is 10.8. The van der Waals surface area contributed by atoms with Gasteiger partial charge in [0.05, 0.1) is 38.0 Å². The van der Waals surface area contributed by atoms with E-state index in [2.05, 4.69) is 68.4 Å². The lowest BCUT2D eigenvalue weighted by Crippen LogP contribution is -2.34. The van der Waals surface area contributed by atoms with E-state index in [-0.39, 0.29) is 0 Å². The summed E-state index contributed by atoms with van der Waals surface area (Å²) >= 11 is 0. The fourth-order valence-corrected chi connectivity index (χ4v) is 4.21. The maximum absolute atomic E-state index is 5.22. The van der Waals surface area contributed by atoms with Gasteiger partial charge in [0.2, 0.25) is 0 Å². The summed E-state index contributed by atoms with van der Waals surface area (Å²) in [6.07, 6.45) is 15.7. The monoisotopic (exact) mass is 552 g/mol. The molecule has 0 aliphatic heterocycles. The van der Waals surface area contributed by atoms with Crippen molar-refractivity contribution in [2.75, 3.05) is 38.3 Å². The van der Waals surface area contributed by atoms with Gasteiger partial charge in [0.25, 0.3) is 0 Å². The average Bonchev–Trinajstić information content (AvgIpc) is 3.03. The number of aromatic nitrogens is 2. The zero-order valence-corrected chi connectivity index (χ0v) is 24.4. The van der Waals surface area contributed by atoms with Crippen LogP contribution in [0.5, 0.6) is 11.5 Å². The molecule has 4 rings (SSSR count). The standard InChI is InChI=1S/C33H40N6O2/c1-36(30-8-12-32(40-3)13-9-30)34-26-28-16-22-38(23-17-28)20-6-5-7-21-39-24-18-29(19-25-39)27-35-37(2)31-10-14-33(41-4)15-11-31/h8-19,22-27H,5-7,20-21H2,1-4H3/q+2. The molecule has 4 aromatic rings. The van der Waals surface area contributed by atoms with Gasteiger partial charge in [-0.15, -0.1) is 0 Å². The van der Waals surface area contributed by atoms with Crippen molar-refractivity contribution < 1.29 is 18.6 Å². The number of ether oxygens (including phenoxy) is 2. The van der Waals surface area contributed by atoms with Crippen LogP contribution in [-0.4, -0.2) is 40.7 Å². The highest BCUT2D eigenvalue weighted by Crippen LogP contribution is 2.19. The van der Waals surface area contributed by atoms with Crippen LogP contribution in [0.4, 0.5) is 11.4 Å². The SMILES string of the molecule is COc1ccc(N(C)/N=C/c2cc[n+](CCCCC[n+]3ccc(/C=N/N(C)c4ccc(OC)cc4)cc3)cc2)cc1. The van der Waals surface area contributed by atoms with Gasteiger partial charge < -0.3 is 9.47 Å². The van der Waals surface area contributed by atoms with Crippen molar-refractivity contribution in [3.05, 3.63) is 109 Å². The van der Waals surface area contributed by atoms with Gasteiger partial charge in [-0.05, 0) is 55.0 Å². The Balaban J connectivity index is 1.14. The molecule has 0 radical (unpaired) electrons. The first-order chi connectivity index (χ1) is 20.0. The van der Waals surface area contributed by atoms with Crippen molar-refractivity contribution in [1.82, 2.24) is 0 Å². The number of methoxy groups -OCH3 is 2. The Hall–Kier alpha value is -4.72. The van der Waals surface area contributed by atoms with Crippen LogP contribution in [0.25, 0.3) is 0 Å². The summed E-state index contributed by atoms with van der Waals surface area (Å²) < 4.78 is 14.9. The van der Waals surface area contributed by atoms with E-state index in [1.165, 1.54) is 6.42 Å². The molecule has 8 nitrogen and oxygen atoms in total. The third kappa shape index (κ3) is 9.17. The first-order valence-corrected chi connectivity index (χ1v) is 13.9. The molecule has 0 aliphatic carbocycles. The molecule has 0 atom stereocenters. The minimum absolute atomic E-state index is 0.836. The van der Waals surface area contributed by atoms with E-state index in [1.54, 1.807) is 14.2 Å². The van der Waals surface area contributed by atoms with Crippen LogP contribution in [0.15, 0.2) is 108 Å². The number of hydrogen-bond acceptors (Lipinski definition) is 6. The van der Waals surface area contributed by atoms with E-state index in [9.17, 15) is 0 Å². The van der Waals surface area contributed by atoms with Crippen LogP contribution in [0, 0.1) is 0 Å². The lowest BCUT2D eigenvalue weighted by molar-refractivity contribution is -0.701. The first kappa shape index (κ1) is 29.3. The van der Waals surface area contributed by atoms with Gasteiger partial charge in [-0.3, -0.25) is 10.0 Å². The summed E-state index contributed by atoms with van der Waals surface area (Å²) in [5.74, 6) is 1.67. The van der Waals surface area contributed by atoms with E-state index in [0.717, 1.165) is 59.9 Å². The van der Waals surface area contributed by atoms with Crippen molar-refractivity contribution in [2.45, 2.75) is 32.4 Å². The topological polar surface area (TPSA) is 57.4 Å². The molecule has 0 saturated heterocycles. The summed E-state index contributed by atoms with van der Waals surface area (Å²) in [7, 11) is 7.21. The smallest absolute Gasteiger partial charge is 0.169 e. The molecule has 0 unspecified atom stereocenters. The minimum atomic E-state index is 0.836. The Morgan fingerprint density at radius 3 is 1.27 bits per heavy atom. The van der Waals surface area contributed by atoms with E-state index in [1.807, 2.05) is 85.1 Å². The van der Waals surface area contributed by atoms with Crippen LogP contribution < -0.4 is 28.6 Å². The molecule has 0 aliphatic rings. The van der Waals surface area contributed by atoms with Gasteiger partial charge in [-0.1, -0.05) is 0 Å². The molecule has 0 spiro atoms. The summed E-state index contributed by atoms with van der Waals surface area (Å²) in [6, 6.07) is 24.1. The number of hydrazone groups is 2. The first-order valence-electron chi connectivity index (χ1n) is 13.9. The van der Waals surface area contributed by atoms with Crippen molar-refractivity contribution in [3.63, 3.8) is 0 Å². The normalized spacial score (nSPS) is 11.2. The number of nitrogens with zero attached hydrogens (tertiary/aromatic N) is 6. The zero-order valence-electron chi connectivity index (χ0n) is 24.4. The fraction of sp³-hybridized carbons (Fsp3) is 0.273. The Labute approximate surface area is 243 Å². The summed E-state index contributed by atoms with van der Waals surface area (Å²) in [4.78, 5) is 0. The summed E-state index contributed by atoms with van der Waals surface area (Å²) in [5, 5.41) is 12.8. The number of benzene rings is 2.